The first-order valence-electron chi connectivity index (χ1n) is 5.87. The summed E-state index contributed by atoms with van der Waals surface area (Å²) in [6.45, 7) is 3.78. The van der Waals surface area contributed by atoms with Crippen molar-refractivity contribution in [3.05, 3.63) is 29.3 Å². The normalized spacial score (nSPS) is 19.1. The molecule has 0 aliphatic carbocycles. The van der Waals surface area contributed by atoms with Gasteiger partial charge in [0.05, 0.1) is 12.7 Å². The lowest BCUT2D eigenvalue weighted by Gasteiger charge is -2.13. The van der Waals surface area contributed by atoms with E-state index in [0.717, 1.165) is 25.1 Å². The highest BCUT2D eigenvalue weighted by atomic mass is 16.5. The van der Waals surface area contributed by atoms with Gasteiger partial charge in [-0.2, -0.15) is 0 Å². The molecule has 1 aromatic carbocycles. The molecule has 1 aliphatic heterocycles. The minimum atomic E-state index is -0.0562. The minimum absolute atomic E-state index is 0.0562. The van der Waals surface area contributed by atoms with Gasteiger partial charge in [0, 0.05) is 12.6 Å². The number of amides is 1. The summed E-state index contributed by atoms with van der Waals surface area (Å²) in [4.78, 5) is 12.1. The topological polar surface area (TPSA) is 50.4 Å². The summed E-state index contributed by atoms with van der Waals surface area (Å²) in [5.74, 6) is 0.568. The Balaban J connectivity index is 2.14. The van der Waals surface area contributed by atoms with Gasteiger partial charge in [-0.05, 0) is 32.0 Å². The van der Waals surface area contributed by atoms with Crippen LogP contribution in [0.15, 0.2) is 18.2 Å². The second-order valence-corrected chi connectivity index (χ2v) is 4.37. The van der Waals surface area contributed by atoms with Crippen molar-refractivity contribution in [3.8, 4) is 5.75 Å². The second kappa shape index (κ2) is 5.19. The molecule has 92 valence electrons. The molecule has 0 saturated carbocycles. The van der Waals surface area contributed by atoms with Gasteiger partial charge in [0.2, 0.25) is 0 Å². The highest BCUT2D eigenvalue weighted by molar-refractivity contribution is 5.97. The van der Waals surface area contributed by atoms with Crippen molar-refractivity contribution in [2.75, 3.05) is 20.2 Å². The number of benzene rings is 1. The number of carbonyl (C=O) groups is 1. The predicted molar refractivity (Wildman–Crippen MR) is 66.5 cm³/mol. The molecule has 1 aromatic rings. The van der Waals surface area contributed by atoms with Crippen molar-refractivity contribution in [2.45, 2.75) is 19.4 Å². The van der Waals surface area contributed by atoms with E-state index < -0.39 is 0 Å². The van der Waals surface area contributed by atoms with Crippen LogP contribution >= 0.6 is 0 Å². The molecular formula is C13H18N2O2. The maximum atomic E-state index is 12.1. The summed E-state index contributed by atoms with van der Waals surface area (Å²) < 4.78 is 5.21. The van der Waals surface area contributed by atoms with Gasteiger partial charge in [0.25, 0.3) is 5.91 Å². The van der Waals surface area contributed by atoms with Crippen molar-refractivity contribution in [1.82, 2.24) is 10.6 Å². The molecule has 1 saturated heterocycles. The number of nitrogens with one attached hydrogen (secondary N) is 2. The first-order chi connectivity index (χ1) is 8.20. The van der Waals surface area contributed by atoms with E-state index in [2.05, 4.69) is 10.6 Å². The van der Waals surface area contributed by atoms with Gasteiger partial charge >= 0.3 is 0 Å². The Morgan fingerprint density at radius 3 is 3.00 bits per heavy atom. The lowest BCUT2D eigenvalue weighted by Crippen LogP contribution is -2.36. The van der Waals surface area contributed by atoms with Crippen LogP contribution in [-0.2, 0) is 0 Å². The largest absolute Gasteiger partial charge is 0.496 e. The standard InChI is InChI=1S/C13H18N2O2/c1-9-3-4-12(17-2)11(7-9)13(16)15-10-5-6-14-8-10/h3-4,7,10,14H,5-6,8H2,1-2H3,(H,15,16). The minimum Gasteiger partial charge on any atom is -0.496 e. The molecule has 1 aliphatic rings. The lowest BCUT2D eigenvalue weighted by molar-refractivity contribution is 0.0937. The zero-order valence-corrected chi connectivity index (χ0v) is 10.2. The Morgan fingerprint density at radius 2 is 2.35 bits per heavy atom. The van der Waals surface area contributed by atoms with Gasteiger partial charge in [-0.1, -0.05) is 11.6 Å². The molecule has 1 amide bonds. The Bertz CT molecular complexity index is 412. The molecule has 4 heteroatoms. The van der Waals surface area contributed by atoms with Crippen LogP contribution in [0.25, 0.3) is 0 Å². The average molecular weight is 234 g/mol. The molecule has 0 bridgehead atoms. The number of carbonyl (C=O) groups excluding carboxylic acids is 1. The Labute approximate surface area is 101 Å². The fourth-order valence-electron chi connectivity index (χ4n) is 2.04. The lowest BCUT2D eigenvalue weighted by atomic mass is 10.1. The SMILES string of the molecule is COc1ccc(C)cc1C(=O)NC1CCNC1. The first kappa shape index (κ1) is 11.9. The summed E-state index contributed by atoms with van der Waals surface area (Å²) in [7, 11) is 1.58. The van der Waals surface area contributed by atoms with E-state index in [0.29, 0.717) is 11.3 Å². The average Bonchev–Trinajstić information content (AvgIpc) is 2.81. The van der Waals surface area contributed by atoms with E-state index in [1.54, 1.807) is 7.11 Å². The van der Waals surface area contributed by atoms with Crippen LogP contribution < -0.4 is 15.4 Å². The van der Waals surface area contributed by atoms with Crippen LogP contribution in [0.4, 0.5) is 0 Å². The van der Waals surface area contributed by atoms with E-state index in [4.69, 9.17) is 4.74 Å². The number of rotatable bonds is 3. The number of methoxy groups -OCH3 is 1. The van der Waals surface area contributed by atoms with E-state index >= 15 is 0 Å². The zero-order valence-electron chi connectivity index (χ0n) is 10.2. The molecule has 4 nitrogen and oxygen atoms in total. The van der Waals surface area contributed by atoms with Gasteiger partial charge in [0.1, 0.15) is 5.75 Å². The third-order valence-corrected chi connectivity index (χ3v) is 3.00. The molecule has 0 aromatic heterocycles. The summed E-state index contributed by atoms with van der Waals surface area (Å²) in [5.41, 5.74) is 1.67. The van der Waals surface area contributed by atoms with Crippen molar-refractivity contribution in [1.29, 1.82) is 0 Å². The summed E-state index contributed by atoms with van der Waals surface area (Å²) in [6.07, 6.45) is 0.986. The fraction of sp³-hybridized carbons (Fsp3) is 0.462. The van der Waals surface area contributed by atoms with Crippen molar-refractivity contribution in [3.63, 3.8) is 0 Å². The van der Waals surface area contributed by atoms with Crippen LogP contribution in [0.3, 0.4) is 0 Å². The van der Waals surface area contributed by atoms with Gasteiger partial charge in [-0.15, -0.1) is 0 Å². The number of ether oxygens (including phenoxy) is 1. The maximum Gasteiger partial charge on any atom is 0.255 e. The van der Waals surface area contributed by atoms with Crippen LogP contribution in [-0.4, -0.2) is 32.1 Å². The summed E-state index contributed by atoms with van der Waals surface area (Å²) in [5, 5.41) is 6.24. The third kappa shape index (κ3) is 2.77. The smallest absolute Gasteiger partial charge is 0.255 e. The molecule has 1 unspecified atom stereocenters. The van der Waals surface area contributed by atoms with Gasteiger partial charge in [-0.25, -0.2) is 0 Å². The number of aryl methyl sites for hydroxylation is 1. The molecule has 0 spiro atoms. The first-order valence-corrected chi connectivity index (χ1v) is 5.87. The zero-order chi connectivity index (χ0) is 12.3. The number of hydrogen-bond acceptors (Lipinski definition) is 3. The van der Waals surface area contributed by atoms with Crippen LogP contribution in [0.2, 0.25) is 0 Å². The van der Waals surface area contributed by atoms with E-state index in [9.17, 15) is 4.79 Å². The van der Waals surface area contributed by atoms with Crippen LogP contribution in [0, 0.1) is 6.92 Å². The van der Waals surface area contributed by atoms with Crippen LogP contribution in [0.5, 0.6) is 5.75 Å². The highest BCUT2D eigenvalue weighted by Gasteiger charge is 2.19. The number of hydrogen-bond donors (Lipinski definition) is 2. The predicted octanol–water partition coefficient (Wildman–Crippen LogP) is 1.10. The van der Waals surface area contributed by atoms with Crippen LogP contribution in [0.1, 0.15) is 22.3 Å². The molecule has 2 rings (SSSR count). The quantitative estimate of drug-likeness (QED) is 0.823. The third-order valence-electron chi connectivity index (χ3n) is 3.00. The molecular weight excluding hydrogens is 216 g/mol. The second-order valence-electron chi connectivity index (χ2n) is 4.37. The molecule has 0 radical (unpaired) electrons. The highest BCUT2D eigenvalue weighted by Crippen LogP contribution is 2.19. The monoisotopic (exact) mass is 234 g/mol. The Morgan fingerprint density at radius 1 is 1.53 bits per heavy atom. The van der Waals surface area contributed by atoms with Gasteiger partial charge in [0.15, 0.2) is 0 Å². The van der Waals surface area contributed by atoms with E-state index in [1.807, 2.05) is 25.1 Å². The summed E-state index contributed by atoms with van der Waals surface area (Å²) in [6, 6.07) is 5.85. The molecule has 1 atom stereocenters. The Hall–Kier alpha value is -1.55. The van der Waals surface area contributed by atoms with E-state index in [1.165, 1.54) is 0 Å². The molecule has 2 N–H and O–H groups in total. The molecule has 1 heterocycles. The van der Waals surface area contributed by atoms with Crippen molar-refractivity contribution >= 4 is 5.91 Å². The van der Waals surface area contributed by atoms with Crippen molar-refractivity contribution in [2.24, 2.45) is 0 Å². The van der Waals surface area contributed by atoms with Gasteiger partial charge in [-0.3, -0.25) is 4.79 Å². The van der Waals surface area contributed by atoms with Crippen molar-refractivity contribution < 1.29 is 9.53 Å². The maximum absolute atomic E-state index is 12.1. The van der Waals surface area contributed by atoms with E-state index in [-0.39, 0.29) is 11.9 Å². The molecule has 1 fully saturated rings. The molecule has 17 heavy (non-hydrogen) atoms. The Kier molecular flexibility index (Phi) is 3.64. The fourth-order valence-corrected chi connectivity index (χ4v) is 2.04. The summed E-state index contributed by atoms with van der Waals surface area (Å²) >= 11 is 0. The van der Waals surface area contributed by atoms with Gasteiger partial charge < -0.3 is 15.4 Å².